The Hall–Kier alpha value is -1.27. The number of hydrogen-bond donors (Lipinski definition) is 8. The van der Waals surface area contributed by atoms with Crippen molar-refractivity contribution in [2.45, 2.75) is 266 Å². The summed E-state index contributed by atoms with van der Waals surface area (Å²) in [5.74, 6) is 0.467. The van der Waals surface area contributed by atoms with Crippen LogP contribution < -0.4 is 10.6 Å². The average Bonchev–Trinajstić information content (AvgIpc) is 3.50. The molecule has 0 aromatic carbocycles. The first-order valence-electron chi connectivity index (χ1n) is 36.5. The smallest absolute Gasteiger partial charge is 0.376 e. The molecule has 0 radical (unpaired) electrons. The molecule has 0 spiro atoms. The molecule has 89 heavy (non-hydrogen) atoms. The second kappa shape index (κ2) is 62.8. The molecule has 0 fully saturated rings. The number of hydrogen-bond acceptors (Lipinski definition) is 17. The van der Waals surface area contributed by atoms with Crippen LogP contribution in [0.25, 0.3) is 0 Å². The van der Waals surface area contributed by atoms with Crippen LogP contribution in [0, 0.1) is 5.92 Å². The maximum atomic E-state index is 12.7. The lowest BCUT2D eigenvalue weighted by atomic mass is 9.80. The van der Waals surface area contributed by atoms with Crippen LogP contribution in [0.1, 0.15) is 225 Å². The van der Waals surface area contributed by atoms with Crippen LogP contribution in [0.5, 0.6) is 0 Å². The first-order chi connectivity index (χ1) is 42.9. The number of nitrogens with one attached hydrogen (secondary N) is 2. The van der Waals surface area contributed by atoms with Crippen molar-refractivity contribution in [1.29, 1.82) is 0 Å². The van der Waals surface area contributed by atoms with E-state index < -0.39 is 42.3 Å². The molecule has 0 saturated heterocycles. The molecule has 0 heterocycles. The van der Waals surface area contributed by atoms with Crippen molar-refractivity contribution in [3.63, 3.8) is 0 Å². The van der Waals surface area contributed by atoms with Gasteiger partial charge in [0.05, 0.1) is 33.0 Å². The van der Waals surface area contributed by atoms with Gasteiger partial charge in [0.25, 0.3) is 0 Å². The van der Waals surface area contributed by atoms with Crippen LogP contribution in [0.3, 0.4) is 0 Å². The summed E-state index contributed by atoms with van der Waals surface area (Å²) in [6.07, 6.45) is 39.7. The second-order valence-corrected chi connectivity index (χ2v) is 26.2. The molecule has 0 aromatic rings. The Labute approximate surface area is 549 Å². The van der Waals surface area contributed by atoms with Gasteiger partial charge in [-0.05, 0) is 191 Å². The van der Waals surface area contributed by atoms with Crippen molar-refractivity contribution in [3.8, 4) is 0 Å². The van der Waals surface area contributed by atoms with Gasteiger partial charge in [-0.1, -0.05) is 148 Å². The van der Waals surface area contributed by atoms with Crippen molar-refractivity contribution < 1.29 is 53.9 Å². The lowest BCUT2D eigenvalue weighted by molar-refractivity contribution is -0.122. The van der Waals surface area contributed by atoms with Crippen molar-refractivity contribution in [2.75, 3.05) is 133 Å². The van der Waals surface area contributed by atoms with E-state index in [1.165, 1.54) is 122 Å². The topological polar surface area (TPSA) is 227 Å². The third kappa shape index (κ3) is 56.8. The number of methoxy groups -OCH3 is 1. The van der Waals surface area contributed by atoms with Crippen molar-refractivity contribution in [1.82, 2.24) is 39.5 Å². The number of amides is 2. The number of carbonyl (C=O) groups excluding carboxylic acids is 2. The van der Waals surface area contributed by atoms with Gasteiger partial charge in [0.2, 0.25) is 11.8 Å². The third-order valence-corrected chi connectivity index (χ3v) is 17.9. The second-order valence-electron chi connectivity index (χ2n) is 26.2. The summed E-state index contributed by atoms with van der Waals surface area (Å²) in [7, 11) is 2.08. The molecule has 0 atom stereocenters. The van der Waals surface area contributed by atoms with E-state index in [1.807, 2.05) is 37.4 Å². The molecule has 2 amide bonds. The van der Waals surface area contributed by atoms with Crippen LogP contribution in [0.15, 0.2) is 0 Å². The Balaban J connectivity index is 4.41. The van der Waals surface area contributed by atoms with Gasteiger partial charge in [-0.3, -0.25) is 9.59 Å². The molecular weight excluding hydrogens is 1120 g/mol. The monoisotopic (exact) mass is 1260 g/mol. The molecule has 0 saturated carbocycles. The normalized spacial score (nSPS) is 11.9. The minimum Gasteiger partial charge on any atom is -0.437 e. The number of carbonyl (C=O) groups is 2. The zero-order valence-electron chi connectivity index (χ0n) is 59.2. The summed E-state index contributed by atoms with van der Waals surface area (Å²) in [5.41, 5.74) is 0. The highest BCUT2D eigenvalue weighted by Gasteiger charge is 2.26. The fraction of sp³-hybridized carbons (Fsp3) is 0.969. The van der Waals surface area contributed by atoms with Crippen molar-refractivity contribution in [2.24, 2.45) is 5.92 Å². The molecule has 8 N–H and O–H groups in total. The van der Waals surface area contributed by atoms with E-state index in [-0.39, 0.29) is 17.7 Å². The summed E-state index contributed by atoms with van der Waals surface area (Å²) < 4.78 is 15.7. The first-order valence-corrected chi connectivity index (χ1v) is 36.5. The summed E-state index contributed by atoms with van der Waals surface area (Å²) in [6, 6.07) is 0. The molecule has 0 aliphatic heterocycles. The molecule has 0 unspecified atom stereocenters. The minimum absolute atomic E-state index is 0.0673. The van der Waals surface area contributed by atoms with Crippen LogP contribution in [0.2, 0.25) is 40.9 Å². The SMILES string of the molecule is COCCOCCOCCC(=O)NCCCCCCCCCCCCCCCCCCCCCCCCC(=O)NCCCCCCC(CN(CCCCN(CCCN(C)B(C)O)B(C)O)B(C)O)CN(CCCCN(CCCN(C)B(C)O)B(C)O)B(C)O. The van der Waals surface area contributed by atoms with Gasteiger partial charge in [0.1, 0.15) is 0 Å². The molecule has 25 heteroatoms. The van der Waals surface area contributed by atoms with Gasteiger partial charge >= 0.3 is 42.3 Å². The number of unbranched alkanes of at least 4 members (excludes halogenated alkanes) is 26. The van der Waals surface area contributed by atoms with Gasteiger partial charge in [-0.2, -0.15) is 0 Å². The quantitative estimate of drug-likeness (QED) is 0.0210. The van der Waals surface area contributed by atoms with Crippen molar-refractivity contribution in [3.05, 3.63) is 0 Å². The summed E-state index contributed by atoms with van der Waals surface area (Å²) in [4.78, 5) is 36.9. The molecule has 0 aliphatic carbocycles. The average molecular weight is 1260 g/mol. The van der Waals surface area contributed by atoms with E-state index in [0.29, 0.717) is 65.5 Å². The lowest BCUT2D eigenvalue weighted by Crippen LogP contribution is -2.47. The van der Waals surface area contributed by atoms with E-state index in [2.05, 4.69) is 29.9 Å². The fourth-order valence-electron chi connectivity index (χ4n) is 11.5. The number of ether oxygens (including phenoxy) is 3. The highest BCUT2D eigenvalue weighted by atomic mass is 16.5. The molecular formula is C64H140B6N8O11. The minimum atomic E-state index is -0.620. The Morgan fingerprint density at radius 2 is 0.629 bits per heavy atom. The van der Waals surface area contributed by atoms with Gasteiger partial charge in [-0.15, -0.1) is 0 Å². The zero-order chi connectivity index (χ0) is 66.0. The molecule has 0 aromatic heterocycles. The Bertz CT molecular complexity index is 1500. The van der Waals surface area contributed by atoms with Crippen LogP contribution in [-0.2, 0) is 23.8 Å². The number of rotatable bonds is 69. The Morgan fingerprint density at radius 1 is 0.337 bits per heavy atom. The number of nitrogens with zero attached hydrogens (tertiary/aromatic N) is 6. The largest absolute Gasteiger partial charge is 0.437 e. The highest BCUT2D eigenvalue weighted by molar-refractivity contribution is 6.46. The standard InChI is InChI=1S/C64H140B6N8O11/c1-65(81)73(7)47-40-53-75(67(3)83)49-36-38-51-77(69(5)85)60-62(61-78(70(6)86)52-39-37-50-76(68(4)84)54-41-48-74(8)66(2)82)42-32-29-31-35-45-71-63(79)43-33-28-26-24-22-20-18-16-14-12-10-11-13-15-17-19-21-23-25-27-30-34-46-72-64(80)44-55-88-58-59-89-57-56-87-9/h62,81-86H,10-61H2,1-9H3,(H,71,79)(H,72,80). The molecule has 0 rings (SSSR count). The van der Waals surface area contributed by atoms with E-state index in [9.17, 15) is 39.7 Å². The van der Waals surface area contributed by atoms with Gasteiger partial charge < -0.3 is 83.9 Å². The van der Waals surface area contributed by atoms with E-state index in [4.69, 9.17) is 14.2 Å². The molecule has 0 aliphatic rings. The highest BCUT2D eigenvalue weighted by Crippen LogP contribution is 2.19. The molecule has 19 nitrogen and oxygen atoms in total. The predicted molar refractivity (Wildman–Crippen MR) is 379 cm³/mol. The summed E-state index contributed by atoms with van der Waals surface area (Å²) in [5, 5.41) is 69.0. The van der Waals surface area contributed by atoms with Gasteiger partial charge in [-0.25, -0.2) is 0 Å². The van der Waals surface area contributed by atoms with E-state index >= 15 is 0 Å². The van der Waals surface area contributed by atoms with Crippen LogP contribution >= 0.6 is 0 Å². The Morgan fingerprint density at radius 3 is 0.978 bits per heavy atom. The Kier molecular flexibility index (Phi) is 61.9. The lowest BCUT2D eigenvalue weighted by Gasteiger charge is -2.33. The van der Waals surface area contributed by atoms with Crippen LogP contribution in [-0.4, -0.2) is 246 Å². The van der Waals surface area contributed by atoms with E-state index in [1.54, 1.807) is 34.4 Å². The van der Waals surface area contributed by atoms with Crippen molar-refractivity contribution >= 4 is 54.1 Å². The summed E-state index contributed by atoms with van der Waals surface area (Å²) in [6.45, 7) is 22.3. The maximum Gasteiger partial charge on any atom is 0.376 e. The third-order valence-electron chi connectivity index (χ3n) is 17.9. The zero-order valence-corrected chi connectivity index (χ0v) is 59.2. The van der Waals surface area contributed by atoms with E-state index in [0.717, 1.165) is 149 Å². The molecule has 0 bridgehead atoms. The van der Waals surface area contributed by atoms with Crippen LogP contribution in [0.4, 0.5) is 0 Å². The first kappa shape index (κ1) is 87.7. The van der Waals surface area contributed by atoms with Gasteiger partial charge in [0, 0.05) is 33.0 Å². The van der Waals surface area contributed by atoms with Gasteiger partial charge in [0.15, 0.2) is 0 Å². The molecule has 520 valence electrons. The maximum absolute atomic E-state index is 12.7. The fourth-order valence-corrected chi connectivity index (χ4v) is 11.5. The summed E-state index contributed by atoms with van der Waals surface area (Å²) >= 11 is 0. The predicted octanol–water partition coefficient (Wildman–Crippen LogP) is 8.90.